The fourth-order valence-electron chi connectivity index (χ4n) is 10.7. The third-order valence-electron chi connectivity index (χ3n) is 15.0. The minimum atomic E-state index is -2.05. The van der Waals surface area contributed by atoms with E-state index in [1.165, 1.54) is 15.5 Å². The standard InChI is InChI=1S/C56H66FN9O13/c1-6-56(77)36-21-41-50-34(27-66(41)53(75)35(36)28-78-54(56)76)49-38(17-16-33-31(3)37(57)22-39(64-50)48(33)49)62-43(68)23-55(4,5)79-29-61-45(70)25-60-51(73)40(20-32-13-9-7-10-14-32)63-46(71)26-59-44(69)24-58-42(67)15-11-8-12-18-65-47(72)19-30(2)52(65)74/h7,9-10,13-14,21-22,30,38,40,77H,6,8,11-12,15-20,23-29H2,1-5H3,(H,58,67)(H,59,69)(H,60,73)(H,61,70)(H,62,68)(H,63,71)/t30?,38-,40-,56-/m0/s1. The molecule has 1 aliphatic carbocycles. The molecule has 8 amide bonds. The van der Waals surface area contributed by atoms with Crippen LogP contribution in [0.5, 0.6) is 0 Å². The van der Waals surface area contributed by atoms with E-state index in [2.05, 4.69) is 31.9 Å². The molecular formula is C56H66FN9O13. The molecule has 4 aliphatic rings. The number of esters is 1. The molecule has 1 fully saturated rings. The number of benzene rings is 2. The van der Waals surface area contributed by atoms with Crippen LogP contribution in [0.3, 0.4) is 0 Å². The first-order valence-electron chi connectivity index (χ1n) is 26.6. The van der Waals surface area contributed by atoms with Gasteiger partial charge in [-0.15, -0.1) is 0 Å². The fourth-order valence-corrected chi connectivity index (χ4v) is 10.7. The maximum atomic E-state index is 15.4. The van der Waals surface area contributed by atoms with E-state index in [0.717, 1.165) is 5.56 Å². The van der Waals surface area contributed by atoms with Crippen LogP contribution in [0.15, 0.2) is 47.3 Å². The molecule has 8 rings (SSSR count). The topological polar surface area (TPSA) is 303 Å². The molecule has 2 aromatic carbocycles. The fraction of sp³-hybridized carbons (Fsp3) is 0.482. The Morgan fingerprint density at radius 2 is 1.61 bits per heavy atom. The van der Waals surface area contributed by atoms with Gasteiger partial charge in [0, 0.05) is 54.3 Å². The van der Waals surface area contributed by atoms with Crippen LogP contribution in [-0.4, -0.2) is 117 Å². The molecule has 79 heavy (non-hydrogen) atoms. The average Bonchev–Trinajstić information content (AvgIpc) is 3.91. The number of likely N-dealkylation sites (tertiary alicyclic amines) is 1. The van der Waals surface area contributed by atoms with Gasteiger partial charge in [0.1, 0.15) is 25.2 Å². The molecule has 4 aromatic rings. The highest BCUT2D eigenvalue weighted by molar-refractivity contribution is 6.03. The summed E-state index contributed by atoms with van der Waals surface area (Å²) in [5.41, 5.74) is 0.907. The van der Waals surface area contributed by atoms with E-state index >= 15 is 4.39 Å². The van der Waals surface area contributed by atoms with Crippen LogP contribution in [0, 0.1) is 18.7 Å². The lowest BCUT2D eigenvalue weighted by molar-refractivity contribution is -0.172. The number of aryl methyl sites for hydroxylation is 1. The highest BCUT2D eigenvalue weighted by Gasteiger charge is 2.46. The lowest BCUT2D eigenvalue weighted by Crippen LogP contribution is -2.52. The number of pyridine rings is 2. The second kappa shape index (κ2) is 24.0. The normalized spacial score (nSPS) is 18.5. The summed E-state index contributed by atoms with van der Waals surface area (Å²) in [5.74, 6) is -5.48. The van der Waals surface area contributed by atoms with E-state index in [1.54, 1.807) is 71.0 Å². The van der Waals surface area contributed by atoms with Crippen LogP contribution >= 0.6 is 0 Å². The first kappa shape index (κ1) is 57.3. The van der Waals surface area contributed by atoms with E-state index in [4.69, 9.17) is 14.5 Å². The van der Waals surface area contributed by atoms with Crippen LogP contribution in [0.1, 0.15) is 124 Å². The van der Waals surface area contributed by atoms with E-state index in [0.29, 0.717) is 83.2 Å². The smallest absolute Gasteiger partial charge is 0.343 e. The SMILES string of the molecule is CC[C@@]1(O)C(=O)OCc2c1cc1n(c2=O)Cc2c-1nc1cc(F)c(C)c3c1c2[C@@H](NC(=O)CC(C)(C)OCNC(=O)CNC(=O)[C@H](Cc1ccccc1)NC(=O)CNC(=O)CNC(=O)CCCCCN1C(=O)CC(C)C1=O)CC3. The number of hydrogen-bond donors (Lipinski definition) is 7. The summed E-state index contributed by atoms with van der Waals surface area (Å²) >= 11 is 0. The predicted octanol–water partition coefficient (Wildman–Crippen LogP) is 1.92. The number of aromatic nitrogens is 2. The number of unbranched alkanes of at least 4 members (excludes halogenated alkanes) is 2. The number of nitrogens with one attached hydrogen (secondary N) is 6. The Bertz CT molecular complexity index is 3200. The van der Waals surface area contributed by atoms with E-state index in [-0.39, 0.29) is 86.8 Å². The number of nitrogens with zero attached hydrogens (tertiary/aromatic N) is 3. The molecular weight excluding hydrogens is 1030 g/mol. The quantitative estimate of drug-likeness (QED) is 0.0213. The molecule has 4 atom stereocenters. The third kappa shape index (κ3) is 12.7. The number of hydrogen-bond acceptors (Lipinski definition) is 14. The summed E-state index contributed by atoms with van der Waals surface area (Å²) in [5, 5.41) is 27.8. The molecule has 5 heterocycles. The molecule has 0 radical (unpaired) electrons. The molecule has 0 spiro atoms. The monoisotopic (exact) mass is 1090 g/mol. The van der Waals surface area contributed by atoms with Gasteiger partial charge in [-0.1, -0.05) is 50.6 Å². The van der Waals surface area contributed by atoms with Crippen LogP contribution in [0.4, 0.5) is 4.39 Å². The van der Waals surface area contributed by atoms with E-state index in [1.807, 2.05) is 0 Å². The number of imide groups is 1. The molecule has 22 nitrogen and oxygen atoms in total. The number of halogens is 1. The molecule has 3 aliphatic heterocycles. The van der Waals surface area contributed by atoms with Gasteiger partial charge in [0.05, 0.1) is 66.7 Å². The van der Waals surface area contributed by atoms with Crippen LogP contribution in [0.25, 0.3) is 22.3 Å². The predicted molar refractivity (Wildman–Crippen MR) is 281 cm³/mol. The van der Waals surface area contributed by atoms with Gasteiger partial charge >= 0.3 is 5.97 Å². The lowest BCUT2D eigenvalue weighted by atomic mass is 9.81. The van der Waals surface area contributed by atoms with E-state index in [9.17, 15) is 53.1 Å². The summed E-state index contributed by atoms with van der Waals surface area (Å²) in [6.45, 7) is 6.64. The minimum Gasteiger partial charge on any atom is -0.458 e. The molecule has 0 bridgehead atoms. The van der Waals surface area contributed by atoms with Crippen molar-refractivity contribution in [3.63, 3.8) is 0 Å². The second-order valence-electron chi connectivity index (χ2n) is 21.2. The molecule has 2 aromatic heterocycles. The highest BCUT2D eigenvalue weighted by Crippen LogP contribution is 2.46. The van der Waals surface area contributed by atoms with Crippen molar-refractivity contribution in [2.24, 2.45) is 5.92 Å². The zero-order chi connectivity index (χ0) is 56.9. The first-order valence-corrected chi connectivity index (χ1v) is 26.6. The average molecular weight is 1090 g/mol. The van der Waals surface area contributed by atoms with Crippen molar-refractivity contribution < 1.29 is 62.1 Å². The lowest BCUT2D eigenvalue weighted by Gasteiger charge is -2.31. The van der Waals surface area contributed by atoms with Crippen LogP contribution in [0.2, 0.25) is 0 Å². The Labute approximate surface area is 454 Å². The maximum Gasteiger partial charge on any atom is 0.343 e. The van der Waals surface area contributed by atoms with Crippen molar-refractivity contribution in [2.75, 3.05) is 32.9 Å². The molecule has 0 saturated carbocycles. The third-order valence-corrected chi connectivity index (χ3v) is 15.0. The van der Waals surface area contributed by atoms with Crippen molar-refractivity contribution in [1.82, 2.24) is 46.4 Å². The Hall–Kier alpha value is -7.92. The summed E-state index contributed by atoms with van der Waals surface area (Å²) in [6, 6.07) is 9.97. The highest BCUT2D eigenvalue weighted by atomic mass is 19.1. The van der Waals surface area contributed by atoms with E-state index < -0.39 is 89.8 Å². The summed E-state index contributed by atoms with van der Waals surface area (Å²) in [6.07, 6.45) is 2.61. The Kier molecular flexibility index (Phi) is 17.4. The van der Waals surface area contributed by atoms with Crippen molar-refractivity contribution >= 4 is 64.1 Å². The number of carbonyl (C=O) groups is 9. The van der Waals surface area contributed by atoms with Gasteiger partial charge in [-0.3, -0.25) is 48.1 Å². The van der Waals surface area contributed by atoms with Gasteiger partial charge < -0.3 is 51.0 Å². The van der Waals surface area contributed by atoms with Gasteiger partial charge in [-0.05, 0) is 81.2 Å². The van der Waals surface area contributed by atoms with Gasteiger partial charge in [-0.25, -0.2) is 14.2 Å². The van der Waals surface area contributed by atoms with Crippen molar-refractivity contribution in [2.45, 2.75) is 135 Å². The number of cyclic esters (lactones) is 1. The van der Waals surface area contributed by atoms with Crippen LogP contribution in [-0.2, 0) is 84.2 Å². The number of rotatable bonds is 23. The number of aliphatic hydroxyl groups is 1. The minimum absolute atomic E-state index is 0.0442. The maximum absolute atomic E-state index is 15.4. The van der Waals surface area contributed by atoms with Gasteiger partial charge in [0.25, 0.3) is 5.56 Å². The zero-order valence-electron chi connectivity index (χ0n) is 44.9. The summed E-state index contributed by atoms with van der Waals surface area (Å²) in [4.78, 5) is 135. The van der Waals surface area contributed by atoms with Gasteiger partial charge in [0.2, 0.25) is 47.3 Å². The second-order valence-corrected chi connectivity index (χ2v) is 21.2. The number of ether oxygens (including phenoxy) is 2. The molecule has 1 unspecified atom stereocenters. The largest absolute Gasteiger partial charge is 0.458 e. The molecule has 7 N–H and O–H groups in total. The van der Waals surface area contributed by atoms with Gasteiger partial charge in [0.15, 0.2) is 5.60 Å². The van der Waals surface area contributed by atoms with Crippen LogP contribution < -0.4 is 37.5 Å². The Morgan fingerprint density at radius 3 is 2.33 bits per heavy atom. The Morgan fingerprint density at radius 1 is 0.899 bits per heavy atom. The van der Waals surface area contributed by atoms with Gasteiger partial charge in [-0.2, -0.15) is 0 Å². The van der Waals surface area contributed by atoms with Crippen molar-refractivity contribution in [1.29, 1.82) is 0 Å². The zero-order valence-corrected chi connectivity index (χ0v) is 44.9. The molecule has 420 valence electrons. The first-order chi connectivity index (χ1) is 37.6. The van der Waals surface area contributed by atoms with Crippen molar-refractivity contribution in [3.05, 3.63) is 97.6 Å². The summed E-state index contributed by atoms with van der Waals surface area (Å²) < 4.78 is 28.1. The number of carbonyl (C=O) groups excluding carboxylic acids is 9. The number of amides is 8. The molecule has 1 saturated heterocycles. The summed E-state index contributed by atoms with van der Waals surface area (Å²) in [7, 11) is 0. The Balaban J connectivity index is 0.809. The van der Waals surface area contributed by atoms with Crippen molar-refractivity contribution in [3.8, 4) is 11.4 Å². The number of fused-ring (bicyclic) bond motifs is 5. The molecule has 23 heteroatoms.